The van der Waals surface area contributed by atoms with Crippen LogP contribution in [0, 0.1) is 0 Å². The molecular formula is C4H6Cl2N2. The number of rotatable bonds is 1. The molecule has 4 heteroatoms. The summed E-state index contributed by atoms with van der Waals surface area (Å²) >= 11 is 10.6. The van der Waals surface area contributed by atoms with Crippen LogP contribution in [0.3, 0.4) is 0 Å². The van der Waals surface area contributed by atoms with Crippen molar-refractivity contribution in [2.24, 2.45) is 4.99 Å². The molecule has 0 atom stereocenters. The molecule has 1 N–H and O–H groups in total. The number of aliphatic imine (C=N–C) groups is 1. The molecule has 0 heterocycles. The van der Waals surface area contributed by atoms with Crippen molar-refractivity contribution in [2.75, 3.05) is 7.05 Å². The average molecular weight is 153 g/mol. The Hall–Kier alpha value is -0.210. The number of hydrogen-bond acceptors (Lipinski definition) is 1. The maximum absolute atomic E-state index is 5.35. The Morgan fingerprint density at radius 1 is 1.62 bits per heavy atom. The van der Waals surface area contributed by atoms with Gasteiger partial charge in [-0.05, 0) is 11.6 Å². The summed E-state index contributed by atoms with van der Waals surface area (Å²) in [5.41, 5.74) is 0. The first-order valence-electron chi connectivity index (χ1n) is 1.90. The summed E-state index contributed by atoms with van der Waals surface area (Å²) in [6, 6.07) is 0. The highest BCUT2D eigenvalue weighted by atomic mass is 35.5. The lowest BCUT2D eigenvalue weighted by Gasteiger charge is -1.95. The molecule has 0 unspecified atom stereocenters. The lowest BCUT2D eigenvalue weighted by atomic mass is 10.9. The van der Waals surface area contributed by atoms with E-state index in [1.54, 1.807) is 7.05 Å². The van der Waals surface area contributed by atoms with Crippen LogP contribution in [-0.2, 0) is 0 Å². The van der Waals surface area contributed by atoms with Crippen molar-refractivity contribution in [1.82, 2.24) is 5.32 Å². The Labute approximate surface area is 58.2 Å². The van der Waals surface area contributed by atoms with Gasteiger partial charge in [0.05, 0.1) is 0 Å². The van der Waals surface area contributed by atoms with Crippen molar-refractivity contribution < 1.29 is 0 Å². The van der Waals surface area contributed by atoms with E-state index in [9.17, 15) is 0 Å². The van der Waals surface area contributed by atoms with Gasteiger partial charge >= 0.3 is 0 Å². The molecule has 0 aromatic rings. The lowest BCUT2D eigenvalue weighted by molar-refractivity contribution is 1.24. The Morgan fingerprint density at radius 2 is 2.12 bits per heavy atom. The quantitative estimate of drug-likeness (QED) is 0.344. The number of halogens is 2. The second kappa shape index (κ2) is 3.75. The lowest BCUT2D eigenvalue weighted by Crippen LogP contribution is -2.12. The van der Waals surface area contributed by atoms with Gasteiger partial charge in [0.2, 0.25) is 0 Å². The fourth-order valence-corrected chi connectivity index (χ4v) is 0.420. The molecule has 0 rings (SSSR count). The van der Waals surface area contributed by atoms with Gasteiger partial charge in [-0.1, -0.05) is 18.2 Å². The molecule has 0 saturated heterocycles. The molecule has 2 nitrogen and oxygen atoms in total. The van der Waals surface area contributed by atoms with Crippen molar-refractivity contribution in [1.29, 1.82) is 0 Å². The fraction of sp³-hybridized carbons (Fsp3) is 0.250. The third kappa shape index (κ3) is 3.96. The van der Waals surface area contributed by atoms with Gasteiger partial charge < -0.3 is 5.32 Å². The van der Waals surface area contributed by atoms with Crippen molar-refractivity contribution in [3.8, 4) is 0 Å². The SMILES string of the molecule is C=C(Cl)NC(Cl)=NC. The number of nitrogens with zero attached hydrogens (tertiary/aromatic N) is 1. The standard InChI is InChI=1S/C4H6Cl2N2/c1-3(5)8-4(6)7-2/h1H2,2H3,(H,7,8). The van der Waals surface area contributed by atoms with E-state index in [0.717, 1.165) is 0 Å². The maximum Gasteiger partial charge on any atom is 0.196 e. The fourth-order valence-electron chi connectivity index (χ4n) is 0.168. The van der Waals surface area contributed by atoms with Crippen molar-refractivity contribution in [2.45, 2.75) is 0 Å². The van der Waals surface area contributed by atoms with Crippen LogP contribution in [0.2, 0.25) is 0 Å². The van der Waals surface area contributed by atoms with E-state index in [-0.39, 0.29) is 10.5 Å². The zero-order valence-electron chi connectivity index (χ0n) is 4.41. The van der Waals surface area contributed by atoms with Crippen LogP contribution in [0.5, 0.6) is 0 Å². The van der Waals surface area contributed by atoms with Gasteiger partial charge in [-0.2, -0.15) is 0 Å². The Morgan fingerprint density at radius 3 is 2.25 bits per heavy atom. The molecule has 0 spiro atoms. The molecule has 0 aliphatic carbocycles. The monoisotopic (exact) mass is 152 g/mol. The van der Waals surface area contributed by atoms with E-state index in [2.05, 4.69) is 16.9 Å². The summed E-state index contributed by atoms with van der Waals surface area (Å²) in [7, 11) is 1.55. The van der Waals surface area contributed by atoms with E-state index in [4.69, 9.17) is 23.2 Å². The third-order valence-corrected chi connectivity index (χ3v) is 0.793. The van der Waals surface area contributed by atoms with Gasteiger partial charge in [-0.3, -0.25) is 4.99 Å². The van der Waals surface area contributed by atoms with E-state index in [0.29, 0.717) is 0 Å². The number of amidine groups is 1. The molecule has 0 aliphatic heterocycles. The van der Waals surface area contributed by atoms with Gasteiger partial charge in [-0.15, -0.1) is 0 Å². The van der Waals surface area contributed by atoms with Crippen molar-refractivity contribution in [3.63, 3.8) is 0 Å². The summed E-state index contributed by atoms with van der Waals surface area (Å²) in [6.07, 6.45) is 0. The zero-order chi connectivity index (χ0) is 6.57. The Kier molecular flexibility index (Phi) is 3.65. The predicted molar refractivity (Wildman–Crippen MR) is 37.3 cm³/mol. The van der Waals surface area contributed by atoms with Gasteiger partial charge in [0.15, 0.2) is 5.29 Å². The molecule has 46 valence electrons. The number of hydrogen-bond donors (Lipinski definition) is 1. The van der Waals surface area contributed by atoms with E-state index < -0.39 is 0 Å². The largest absolute Gasteiger partial charge is 0.322 e. The third-order valence-electron chi connectivity index (χ3n) is 0.435. The summed E-state index contributed by atoms with van der Waals surface area (Å²) in [6.45, 7) is 3.33. The van der Waals surface area contributed by atoms with Gasteiger partial charge in [0.1, 0.15) is 5.16 Å². The average Bonchev–Trinajstić information content (AvgIpc) is 1.65. The zero-order valence-corrected chi connectivity index (χ0v) is 5.92. The van der Waals surface area contributed by atoms with Crippen LogP contribution in [0.1, 0.15) is 0 Å². The molecule has 0 aliphatic rings. The topological polar surface area (TPSA) is 24.4 Å². The molecule has 8 heavy (non-hydrogen) atoms. The van der Waals surface area contributed by atoms with Crippen LogP contribution in [0.15, 0.2) is 16.7 Å². The summed E-state index contributed by atoms with van der Waals surface area (Å²) in [4.78, 5) is 3.55. The predicted octanol–water partition coefficient (Wildman–Crippen LogP) is 1.51. The van der Waals surface area contributed by atoms with Crippen LogP contribution >= 0.6 is 23.2 Å². The second-order valence-electron chi connectivity index (χ2n) is 1.04. The molecule has 0 bridgehead atoms. The summed E-state index contributed by atoms with van der Waals surface area (Å²) in [5.74, 6) is 0. The molecule has 0 amide bonds. The smallest absolute Gasteiger partial charge is 0.196 e. The number of nitrogens with one attached hydrogen (secondary N) is 1. The highest BCUT2D eigenvalue weighted by Gasteiger charge is 1.88. The van der Waals surface area contributed by atoms with Crippen molar-refractivity contribution in [3.05, 3.63) is 11.7 Å². The Balaban J connectivity index is 3.56. The van der Waals surface area contributed by atoms with Gasteiger partial charge in [0, 0.05) is 7.05 Å². The normalized spacial score (nSPS) is 11.1. The van der Waals surface area contributed by atoms with Crippen LogP contribution in [0.25, 0.3) is 0 Å². The van der Waals surface area contributed by atoms with E-state index in [1.807, 2.05) is 0 Å². The van der Waals surface area contributed by atoms with Crippen LogP contribution < -0.4 is 5.32 Å². The second-order valence-corrected chi connectivity index (χ2v) is 1.86. The first-order chi connectivity index (χ1) is 3.66. The van der Waals surface area contributed by atoms with E-state index >= 15 is 0 Å². The van der Waals surface area contributed by atoms with Crippen LogP contribution in [-0.4, -0.2) is 12.3 Å². The van der Waals surface area contributed by atoms with Gasteiger partial charge in [-0.25, -0.2) is 0 Å². The highest BCUT2D eigenvalue weighted by molar-refractivity contribution is 6.65. The minimum absolute atomic E-state index is 0.241. The molecule has 0 aromatic heterocycles. The Bertz CT molecular complexity index is 119. The molecule has 0 fully saturated rings. The van der Waals surface area contributed by atoms with Gasteiger partial charge in [0.25, 0.3) is 0 Å². The van der Waals surface area contributed by atoms with Crippen LogP contribution in [0.4, 0.5) is 0 Å². The molecule has 0 radical (unpaired) electrons. The van der Waals surface area contributed by atoms with E-state index in [1.165, 1.54) is 0 Å². The first-order valence-corrected chi connectivity index (χ1v) is 2.66. The molecule has 0 saturated carbocycles. The first kappa shape index (κ1) is 7.79. The molecule has 0 aromatic carbocycles. The van der Waals surface area contributed by atoms with Crippen molar-refractivity contribution >= 4 is 28.5 Å². The minimum atomic E-state index is 0.241. The maximum atomic E-state index is 5.35. The molecular weight excluding hydrogens is 147 g/mol. The summed E-state index contributed by atoms with van der Waals surface area (Å²) in [5, 5.41) is 2.98. The highest BCUT2D eigenvalue weighted by Crippen LogP contribution is 1.91. The minimum Gasteiger partial charge on any atom is -0.322 e. The summed E-state index contributed by atoms with van der Waals surface area (Å²) < 4.78 is 0.